The monoisotopic (exact) mass is 289 g/mol. The molecule has 2 rings (SSSR count). The average molecular weight is 289 g/mol. The zero-order valence-electron chi connectivity index (χ0n) is 11.0. The minimum absolute atomic E-state index is 0.0417. The number of nitrogens with zero attached hydrogens (tertiary/aromatic N) is 1. The number of ether oxygens (including phenoxy) is 1. The second kappa shape index (κ2) is 6.60. The summed E-state index contributed by atoms with van der Waals surface area (Å²) in [5.41, 5.74) is 0.661. The van der Waals surface area contributed by atoms with Crippen molar-refractivity contribution in [2.75, 3.05) is 6.61 Å². The summed E-state index contributed by atoms with van der Waals surface area (Å²) in [6, 6.07) is 11.1. The van der Waals surface area contributed by atoms with Gasteiger partial charge in [0.1, 0.15) is 18.2 Å². The van der Waals surface area contributed by atoms with E-state index in [1.807, 2.05) is 0 Å². The highest BCUT2D eigenvalue weighted by Gasteiger charge is 2.07. The molecular weight excluding hydrogens is 277 g/mol. The van der Waals surface area contributed by atoms with Gasteiger partial charge in [-0.2, -0.15) is 0 Å². The minimum Gasteiger partial charge on any atom is -0.486 e. The molecule has 108 valence electrons. The number of benzene rings is 2. The van der Waals surface area contributed by atoms with Gasteiger partial charge in [-0.1, -0.05) is 12.1 Å². The first-order valence-electron chi connectivity index (χ1n) is 6.18. The molecule has 0 unspecified atom stereocenters. The Morgan fingerprint density at radius 2 is 1.71 bits per heavy atom. The summed E-state index contributed by atoms with van der Waals surface area (Å²) in [5.74, 6) is -0.138. The highest BCUT2D eigenvalue weighted by molar-refractivity contribution is 5.82. The molecule has 0 aliphatic heterocycles. The van der Waals surface area contributed by atoms with Gasteiger partial charge in [-0.15, -0.1) is 0 Å². The molecule has 0 radical (unpaired) electrons. The van der Waals surface area contributed by atoms with Gasteiger partial charge in [0.15, 0.2) is 5.78 Å². The second-order valence-electron chi connectivity index (χ2n) is 4.38. The predicted octanol–water partition coefficient (Wildman–Crippen LogP) is 2.92. The van der Waals surface area contributed by atoms with Crippen LogP contribution in [0.4, 0.5) is 10.1 Å². The van der Waals surface area contributed by atoms with Gasteiger partial charge >= 0.3 is 0 Å². The Kier molecular flexibility index (Phi) is 4.61. The van der Waals surface area contributed by atoms with E-state index in [-0.39, 0.29) is 30.3 Å². The molecule has 0 bridgehead atoms. The van der Waals surface area contributed by atoms with Crippen LogP contribution in [-0.4, -0.2) is 17.3 Å². The van der Waals surface area contributed by atoms with E-state index < -0.39 is 4.92 Å². The van der Waals surface area contributed by atoms with Gasteiger partial charge in [0, 0.05) is 18.6 Å². The van der Waals surface area contributed by atoms with Crippen LogP contribution in [0.15, 0.2) is 48.5 Å². The zero-order chi connectivity index (χ0) is 15.2. The van der Waals surface area contributed by atoms with Gasteiger partial charge in [0.25, 0.3) is 5.69 Å². The van der Waals surface area contributed by atoms with Crippen LogP contribution in [0.2, 0.25) is 0 Å². The van der Waals surface area contributed by atoms with Gasteiger partial charge in [-0.25, -0.2) is 4.39 Å². The molecule has 0 saturated carbocycles. The van der Waals surface area contributed by atoms with Crippen LogP contribution in [0.3, 0.4) is 0 Å². The molecule has 0 amide bonds. The normalized spacial score (nSPS) is 10.1. The summed E-state index contributed by atoms with van der Waals surface area (Å²) >= 11 is 0. The molecule has 0 aliphatic rings. The van der Waals surface area contributed by atoms with Crippen LogP contribution in [-0.2, 0) is 11.2 Å². The van der Waals surface area contributed by atoms with Gasteiger partial charge < -0.3 is 4.74 Å². The maximum atomic E-state index is 12.7. The number of hydrogen-bond acceptors (Lipinski definition) is 4. The number of halogens is 1. The fourth-order valence-corrected chi connectivity index (χ4v) is 1.71. The van der Waals surface area contributed by atoms with Crippen molar-refractivity contribution >= 4 is 11.5 Å². The summed E-state index contributed by atoms with van der Waals surface area (Å²) in [4.78, 5) is 21.7. The Hall–Kier alpha value is -2.76. The molecule has 0 atom stereocenters. The molecular formula is C15H12FNO4. The summed E-state index contributed by atoms with van der Waals surface area (Å²) in [7, 11) is 0. The van der Waals surface area contributed by atoms with Gasteiger partial charge in [-0.3, -0.25) is 14.9 Å². The number of nitro groups is 1. The minimum atomic E-state index is -0.510. The van der Waals surface area contributed by atoms with Crippen LogP contribution in [0.25, 0.3) is 0 Å². The maximum absolute atomic E-state index is 12.7. The molecule has 0 aromatic heterocycles. The summed E-state index contributed by atoms with van der Waals surface area (Å²) in [6.45, 7) is -0.144. The number of Topliss-reactive ketones (excluding diaryl/α,β-unsaturated/α-hetero) is 1. The maximum Gasteiger partial charge on any atom is 0.269 e. The lowest BCUT2D eigenvalue weighted by atomic mass is 10.1. The largest absolute Gasteiger partial charge is 0.486 e. The van der Waals surface area contributed by atoms with E-state index in [4.69, 9.17) is 4.74 Å². The number of carbonyl (C=O) groups is 1. The van der Waals surface area contributed by atoms with Crippen LogP contribution in [0.5, 0.6) is 5.75 Å². The highest BCUT2D eigenvalue weighted by Crippen LogP contribution is 2.17. The van der Waals surface area contributed by atoms with E-state index in [1.165, 1.54) is 36.4 Å². The summed E-state index contributed by atoms with van der Waals surface area (Å²) < 4.78 is 18.0. The molecule has 0 N–H and O–H groups in total. The Morgan fingerprint density at radius 3 is 2.29 bits per heavy atom. The Morgan fingerprint density at radius 1 is 1.10 bits per heavy atom. The molecule has 2 aromatic carbocycles. The third-order valence-corrected chi connectivity index (χ3v) is 2.76. The van der Waals surface area contributed by atoms with Crippen molar-refractivity contribution in [2.45, 2.75) is 6.42 Å². The lowest BCUT2D eigenvalue weighted by molar-refractivity contribution is -0.384. The van der Waals surface area contributed by atoms with Crippen molar-refractivity contribution in [3.05, 3.63) is 70.0 Å². The number of carbonyl (C=O) groups excluding carboxylic acids is 1. The Balaban J connectivity index is 1.86. The van der Waals surface area contributed by atoms with E-state index >= 15 is 0 Å². The van der Waals surface area contributed by atoms with Gasteiger partial charge in [0.05, 0.1) is 4.92 Å². The fourth-order valence-electron chi connectivity index (χ4n) is 1.71. The number of hydrogen-bond donors (Lipinski definition) is 0. The highest BCUT2D eigenvalue weighted by atomic mass is 19.1. The molecule has 2 aromatic rings. The van der Waals surface area contributed by atoms with Crippen LogP contribution < -0.4 is 4.74 Å². The van der Waals surface area contributed by atoms with Gasteiger partial charge in [0.2, 0.25) is 0 Å². The smallest absolute Gasteiger partial charge is 0.269 e. The standard InChI is InChI=1S/C15H12FNO4/c16-12-3-1-11(2-4-12)9-14(18)10-21-15-7-5-13(6-8-15)17(19)20/h1-8H,9-10H2. The first-order valence-corrected chi connectivity index (χ1v) is 6.18. The van der Waals surface area contributed by atoms with E-state index in [9.17, 15) is 19.3 Å². The van der Waals surface area contributed by atoms with E-state index in [0.29, 0.717) is 11.3 Å². The molecule has 0 fully saturated rings. The molecule has 0 heterocycles. The lowest BCUT2D eigenvalue weighted by Crippen LogP contribution is -2.13. The van der Waals surface area contributed by atoms with E-state index in [1.54, 1.807) is 12.1 Å². The SMILES string of the molecule is O=C(COc1ccc([N+](=O)[O-])cc1)Cc1ccc(F)cc1. The number of nitro benzene ring substituents is 1. The van der Waals surface area contributed by atoms with Crippen LogP contribution in [0, 0.1) is 15.9 Å². The summed E-state index contributed by atoms with van der Waals surface area (Å²) in [5, 5.41) is 10.5. The molecule has 5 nitrogen and oxygen atoms in total. The third-order valence-electron chi connectivity index (χ3n) is 2.76. The van der Waals surface area contributed by atoms with Crippen LogP contribution in [0.1, 0.15) is 5.56 Å². The first-order chi connectivity index (χ1) is 10.0. The molecule has 0 saturated heterocycles. The lowest BCUT2D eigenvalue weighted by Gasteiger charge is -2.05. The van der Waals surface area contributed by atoms with E-state index in [0.717, 1.165) is 0 Å². The zero-order valence-corrected chi connectivity index (χ0v) is 11.0. The Bertz CT molecular complexity index is 638. The summed E-state index contributed by atoms with van der Waals surface area (Å²) in [6.07, 6.45) is 0.146. The topological polar surface area (TPSA) is 69.4 Å². The number of non-ortho nitro benzene ring substituents is 1. The fraction of sp³-hybridized carbons (Fsp3) is 0.133. The van der Waals surface area contributed by atoms with Crippen molar-refractivity contribution in [1.29, 1.82) is 0 Å². The Labute approximate surface area is 120 Å². The third kappa shape index (κ3) is 4.38. The van der Waals surface area contributed by atoms with Crippen molar-refractivity contribution in [2.24, 2.45) is 0 Å². The average Bonchev–Trinajstić information content (AvgIpc) is 2.48. The molecule has 6 heteroatoms. The predicted molar refractivity (Wildman–Crippen MR) is 73.7 cm³/mol. The van der Waals surface area contributed by atoms with Crippen LogP contribution >= 0.6 is 0 Å². The molecule has 0 aliphatic carbocycles. The molecule has 0 spiro atoms. The van der Waals surface area contributed by atoms with Crippen molar-refractivity contribution in [3.8, 4) is 5.75 Å². The number of ketones is 1. The van der Waals surface area contributed by atoms with Crippen molar-refractivity contribution in [1.82, 2.24) is 0 Å². The first kappa shape index (κ1) is 14.6. The van der Waals surface area contributed by atoms with Crippen molar-refractivity contribution in [3.63, 3.8) is 0 Å². The van der Waals surface area contributed by atoms with Gasteiger partial charge in [-0.05, 0) is 29.8 Å². The number of rotatable bonds is 6. The quantitative estimate of drug-likeness (QED) is 0.605. The molecule has 21 heavy (non-hydrogen) atoms. The van der Waals surface area contributed by atoms with E-state index in [2.05, 4.69) is 0 Å². The van der Waals surface area contributed by atoms with Crippen molar-refractivity contribution < 1.29 is 18.8 Å². The second-order valence-corrected chi connectivity index (χ2v) is 4.38.